The number of hydrogen-bond donors (Lipinski definition) is 1. The van der Waals surface area contributed by atoms with Crippen molar-refractivity contribution in [1.29, 1.82) is 0 Å². The fraction of sp³-hybridized carbons (Fsp3) is 0.400. The lowest BCUT2D eigenvalue weighted by molar-refractivity contribution is 0.144. The topological polar surface area (TPSA) is 33.1 Å². The van der Waals surface area contributed by atoms with Crippen LogP contribution in [0, 0.1) is 5.82 Å². The summed E-state index contributed by atoms with van der Waals surface area (Å²) in [6.45, 7) is 3.66. The van der Waals surface area contributed by atoms with Gasteiger partial charge in [0, 0.05) is 45.6 Å². The summed E-state index contributed by atoms with van der Waals surface area (Å²) in [6.07, 6.45) is 3.81. The van der Waals surface area contributed by atoms with Crippen LogP contribution in [0.5, 0.6) is 0 Å². The lowest BCUT2D eigenvalue weighted by atomic mass is 10.1. The molecule has 1 aliphatic heterocycles. The number of aryl methyl sites for hydroxylation is 1. The monoisotopic (exact) mass is 310 g/mol. The average Bonchev–Trinajstić information content (AvgIpc) is 2.88. The molecule has 6 heteroatoms. The SMILES string of the molecule is Cl.Cn1ccnc1C1CNCCN1Cc1ccc(F)cc1. The minimum atomic E-state index is -0.185. The molecule has 1 aliphatic rings. The summed E-state index contributed by atoms with van der Waals surface area (Å²) < 4.78 is 15.0. The van der Waals surface area contributed by atoms with Gasteiger partial charge < -0.3 is 9.88 Å². The summed E-state index contributed by atoms with van der Waals surface area (Å²) in [5.74, 6) is 0.883. The summed E-state index contributed by atoms with van der Waals surface area (Å²) in [5, 5.41) is 3.42. The maximum atomic E-state index is 13.0. The van der Waals surface area contributed by atoms with E-state index >= 15 is 0 Å². The molecular weight excluding hydrogens is 291 g/mol. The average molecular weight is 311 g/mol. The van der Waals surface area contributed by atoms with Gasteiger partial charge in [-0.2, -0.15) is 0 Å². The summed E-state index contributed by atoms with van der Waals surface area (Å²) in [4.78, 5) is 6.86. The number of nitrogens with one attached hydrogen (secondary N) is 1. The van der Waals surface area contributed by atoms with Gasteiger partial charge in [0.25, 0.3) is 0 Å². The summed E-state index contributed by atoms with van der Waals surface area (Å²) in [7, 11) is 2.02. The molecule has 1 N–H and O–H groups in total. The van der Waals surface area contributed by atoms with Crippen molar-refractivity contribution < 1.29 is 4.39 Å². The maximum absolute atomic E-state index is 13.0. The number of benzene rings is 1. The molecule has 3 rings (SSSR count). The van der Waals surface area contributed by atoms with Crippen LogP contribution in [0.25, 0.3) is 0 Å². The Morgan fingerprint density at radius 1 is 1.33 bits per heavy atom. The second-order valence-electron chi connectivity index (χ2n) is 5.21. The third-order valence-corrected chi connectivity index (χ3v) is 3.81. The molecule has 0 bridgehead atoms. The number of imidazole rings is 1. The molecule has 0 radical (unpaired) electrons. The Balaban J connectivity index is 0.00000161. The highest BCUT2D eigenvalue weighted by atomic mass is 35.5. The number of piperazine rings is 1. The van der Waals surface area contributed by atoms with Crippen LogP contribution in [-0.2, 0) is 13.6 Å². The van der Waals surface area contributed by atoms with Gasteiger partial charge in [-0.1, -0.05) is 12.1 Å². The zero-order valence-corrected chi connectivity index (χ0v) is 12.8. The van der Waals surface area contributed by atoms with Gasteiger partial charge in [-0.05, 0) is 17.7 Å². The Kier molecular flexibility index (Phi) is 5.33. The van der Waals surface area contributed by atoms with E-state index in [0.717, 1.165) is 37.6 Å². The first-order valence-electron chi connectivity index (χ1n) is 6.90. The number of aromatic nitrogens is 2. The highest BCUT2D eigenvalue weighted by Gasteiger charge is 2.26. The standard InChI is InChI=1S/C15H19FN4.ClH/c1-19-8-7-18-15(19)14-10-17-6-9-20(14)11-12-2-4-13(16)5-3-12;/h2-5,7-8,14,17H,6,9-11H2,1H3;1H. The van der Waals surface area contributed by atoms with E-state index < -0.39 is 0 Å². The lowest BCUT2D eigenvalue weighted by Gasteiger charge is -2.35. The van der Waals surface area contributed by atoms with Crippen LogP contribution >= 0.6 is 12.4 Å². The first-order chi connectivity index (χ1) is 9.74. The number of halogens is 2. The maximum Gasteiger partial charge on any atom is 0.127 e. The number of hydrogen-bond acceptors (Lipinski definition) is 3. The van der Waals surface area contributed by atoms with Gasteiger partial charge in [-0.15, -0.1) is 12.4 Å². The Bertz CT molecular complexity index is 569. The van der Waals surface area contributed by atoms with Crippen molar-refractivity contribution in [2.75, 3.05) is 19.6 Å². The molecule has 0 aliphatic carbocycles. The molecule has 21 heavy (non-hydrogen) atoms. The van der Waals surface area contributed by atoms with Crippen LogP contribution in [0.1, 0.15) is 17.4 Å². The van der Waals surface area contributed by atoms with Gasteiger partial charge in [0.15, 0.2) is 0 Å². The zero-order valence-electron chi connectivity index (χ0n) is 12.0. The second-order valence-corrected chi connectivity index (χ2v) is 5.21. The zero-order chi connectivity index (χ0) is 13.9. The fourth-order valence-electron chi connectivity index (χ4n) is 2.71. The first-order valence-corrected chi connectivity index (χ1v) is 6.90. The van der Waals surface area contributed by atoms with Gasteiger partial charge in [-0.25, -0.2) is 9.37 Å². The van der Waals surface area contributed by atoms with Crippen molar-refractivity contribution in [2.24, 2.45) is 7.05 Å². The summed E-state index contributed by atoms with van der Waals surface area (Å²) in [6, 6.07) is 7.01. The minimum Gasteiger partial charge on any atom is -0.337 e. The summed E-state index contributed by atoms with van der Waals surface area (Å²) in [5.41, 5.74) is 1.13. The lowest BCUT2D eigenvalue weighted by Crippen LogP contribution is -2.46. The van der Waals surface area contributed by atoms with E-state index in [1.165, 1.54) is 12.1 Å². The first kappa shape index (κ1) is 15.9. The third-order valence-electron chi connectivity index (χ3n) is 3.81. The molecule has 1 unspecified atom stereocenters. The Morgan fingerprint density at radius 3 is 2.76 bits per heavy atom. The molecule has 0 amide bonds. The minimum absolute atomic E-state index is 0. The molecule has 1 atom stereocenters. The molecule has 2 aromatic rings. The molecule has 1 aromatic carbocycles. The van der Waals surface area contributed by atoms with Crippen molar-refractivity contribution >= 4 is 12.4 Å². The smallest absolute Gasteiger partial charge is 0.127 e. The van der Waals surface area contributed by atoms with Crippen LogP contribution in [0.3, 0.4) is 0 Å². The predicted octanol–water partition coefficient (Wildman–Crippen LogP) is 2.13. The van der Waals surface area contributed by atoms with Gasteiger partial charge >= 0.3 is 0 Å². The van der Waals surface area contributed by atoms with Crippen molar-refractivity contribution in [3.63, 3.8) is 0 Å². The predicted molar refractivity (Wildman–Crippen MR) is 82.9 cm³/mol. The molecular formula is C15H20ClFN4. The molecule has 2 heterocycles. The summed E-state index contributed by atoms with van der Waals surface area (Å²) >= 11 is 0. The second kappa shape index (κ2) is 7.02. The highest BCUT2D eigenvalue weighted by molar-refractivity contribution is 5.85. The Hall–Kier alpha value is -1.43. The fourth-order valence-corrected chi connectivity index (χ4v) is 2.71. The van der Waals surface area contributed by atoms with E-state index in [0.29, 0.717) is 0 Å². The van der Waals surface area contributed by atoms with Crippen molar-refractivity contribution in [1.82, 2.24) is 19.8 Å². The molecule has 1 saturated heterocycles. The largest absolute Gasteiger partial charge is 0.337 e. The molecule has 4 nitrogen and oxygen atoms in total. The number of nitrogens with zero attached hydrogens (tertiary/aromatic N) is 3. The van der Waals surface area contributed by atoms with Gasteiger partial charge in [-0.3, -0.25) is 4.90 Å². The normalized spacial score (nSPS) is 19.2. The van der Waals surface area contributed by atoms with E-state index in [4.69, 9.17) is 0 Å². The van der Waals surface area contributed by atoms with E-state index in [9.17, 15) is 4.39 Å². The molecule has 1 aromatic heterocycles. The van der Waals surface area contributed by atoms with Crippen molar-refractivity contribution in [3.8, 4) is 0 Å². The van der Waals surface area contributed by atoms with E-state index in [1.54, 1.807) is 0 Å². The van der Waals surface area contributed by atoms with E-state index in [2.05, 4.69) is 19.8 Å². The molecule has 0 spiro atoms. The molecule has 1 fully saturated rings. The van der Waals surface area contributed by atoms with Gasteiger partial charge in [0.05, 0.1) is 6.04 Å². The molecule has 0 saturated carbocycles. The van der Waals surface area contributed by atoms with Crippen LogP contribution in [0.2, 0.25) is 0 Å². The molecule has 114 valence electrons. The Morgan fingerprint density at radius 2 is 2.10 bits per heavy atom. The van der Waals surface area contributed by atoms with Crippen LogP contribution in [0.15, 0.2) is 36.7 Å². The van der Waals surface area contributed by atoms with Crippen molar-refractivity contribution in [2.45, 2.75) is 12.6 Å². The quantitative estimate of drug-likeness (QED) is 0.943. The van der Waals surface area contributed by atoms with Crippen LogP contribution in [-0.4, -0.2) is 34.1 Å². The van der Waals surface area contributed by atoms with E-state index in [-0.39, 0.29) is 24.3 Å². The van der Waals surface area contributed by atoms with Gasteiger partial charge in [0.2, 0.25) is 0 Å². The third kappa shape index (κ3) is 3.61. The van der Waals surface area contributed by atoms with Crippen LogP contribution < -0.4 is 5.32 Å². The van der Waals surface area contributed by atoms with Crippen LogP contribution in [0.4, 0.5) is 4.39 Å². The Labute approximate surface area is 130 Å². The van der Waals surface area contributed by atoms with Crippen molar-refractivity contribution in [3.05, 3.63) is 53.9 Å². The highest BCUT2D eigenvalue weighted by Crippen LogP contribution is 2.22. The van der Waals surface area contributed by atoms with E-state index in [1.807, 2.05) is 31.6 Å². The van der Waals surface area contributed by atoms with Gasteiger partial charge in [0.1, 0.15) is 11.6 Å². The number of rotatable bonds is 3.